The predicted molar refractivity (Wildman–Crippen MR) is 83.8 cm³/mol. The summed E-state index contributed by atoms with van der Waals surface area (Å²) < 4.78 is 0. The second kappa shape index (κ2) is 5.43. The first-order valence-corrected chi connectivity index (χ1v) is 6.87. The molecule has 100 valence electrons. The summed E-state index contributed by atoms with van der Waals surface area (Å²) >= 11 is 0. The van der Waals surface area contributed by atoms with Gasteiger partial charge in [0.2, 0.25) is 0 Å². The van der Waals surface area contributed by atoms with Gasteiger partial charge >= 0.3 is 0 Å². The summed E-state index contributed by atoms with van der Waals surface area (Å²) in [6, 6.07) is 19.1. The average Bonchev–Trinajstić information content (AvgIpc) is 2.48. The third-order valence-electron chi connectivity index (χ3n) is 3.64. The van der Waals surface area contributed by atoms with Crippen LogP contribution < -0.4 is 5.32 Å². The van der Waals surface area contributed by atoms with E-state index in [-0.39, 0.29) is 6.04 Å². The van der Waals surface area contributed by atoms with Crippen LogP contribution in [0.3, 0.4) is 0 Å². The van der Waals surface area contributed by atoms with Crippen molar-refractivity contribution in [2.75, 3.05) is 7.05 Å². The van der Waals surface area contributed by atoms with Crippen LogP contribution >= 0.6 is 0 Å². The molecule has 20 heavy (non-hydrogen) atoms. The Balaban J connectivity index is 2.17. The molecule has 0 amide bonds. The molecule has 0 saturated heterocycles. The van der Waals surface area contributed by atoms with Gasteiger partial charge in [-0.2, -0.15) is 0 Å². The number of aryl methyl sites for hydroxylation is 1. The van der Waals surface area contributed by atoms with Crippen molar-refractivity contribution in [2.45, 2.75) is 13.0 Å². The highest BCUT2D eigenvalue weighted by Crippen LogP contribution is 2.27. The molecular weight excluding hydrogens is 244 g/mol. The van der Waals surface area contributed by atoms with E-state index in [0.29, 0.717) is 0 Å². The van der Waals surface area contributed by atoms with E-state index >= 15 is 0 Å². The Morgan fingerprint density at radius 3 is 2.65 bits per heavy atom. The first-order valence-electron chi connectivity index (χ1n) is 6.87. The summed E-state index contributed by atoms with van der Waals surface area (Å²) in [5, 5.41) is 5.82. The Bertz CT molecular complexity index is 729. The summed E-state index contributed by atoms with van der Waals surface area (Å²) in [5.74, 6) is 0. The summed E-state index contributed by atoms with van der Waals surface area (Å²) in [4.78, 5) is 4.62. The Labute approximate surface area is 119 Å². The molecule has 1 heterocycles. The fourth-order valence-electron chi connectivity index (χ4n) is 2.68. The second-order valence-electron chi connectivity index (χ2n) is 5.05. The summed E-state index contributed by atoms with van der Waals surface area (Å²) in [6.45, 7) is 2.12. The van der Waals surface area contributed by atoms with Crippen LogP contribution in [0.15, 0.2) is 60.8 Å². The summed E-state index contributed by atoms with van der Waals surface area (Å²) in [5.41, 5.74) is 3.59. The smallest absolute Gasteiger partial charge is 0.0755 e. The Morgan fingerprint density at radius 2 is 1.85 bits per heavy atom. The van der Waals surface area contributed by atoms with Gasteiger partial charge in [0.15, 0.2) is 0 Å². The minimum atomic E-state index is 0.112. The van der Waals surface area contributed by atoms with Crippen LogP contribution in [0.4, 0.5) is 0 Å². The molecule has 0 aliphatic heterocycles. The lowest BCUT2D eigenvalue weighted by Gasteiger charge is -2.18. The van der Waals surface area contributed by atoms with Gasteiger partial charge in [0.25, 0.3) is 0 Å². The van der Waals surface area contributed by atoms with Crippen molar-refractivity contribution in [3.8, 4) is 0 Å². The largest absolute Gasteiger partial charge is 0.308 e. The van der Waals surface area contributed by atoms with Crippen molar-refractivity contribution in [1.82, 2.24) is 10.3 Å². The highest BCUT2D eigenvalue weighted by Gasteiger charge is 2.16. The van der Waals surface area contributed by atoms with Gasteiger partial charge in [0.1, 0.15) is 0 Å². The number of nitrogens with one attached hydrogen (secondary N) is 1. The van der Waals surface area contributed by atoms with E-state index in [1.165, 1.54) is 21.9 Å². The van der Waals surface area contributed by atoms with Gasteiger partial charge in [-0.05, 0) is 31.0 Å². The van der Waals surface area contributed by atoms with E-state index < -0.39 is 0 Å². The number of nitrogens with zero attached hydrogens (tertiary/aromatic N) is 1. The maximum absolute atomic E-state index is 4.62. The van der Waals surface area contributed by atoms with Crippen molar-refractivity contribution >= 4 is 10.8 Å². The Kier molecular flexibility index (Phi) is 3.48. The van der Waals surface area contributed by atoms with E-state index in [1.807, 2.05) is 13.2 Å². The number of aromatic nitrogens is 1. The number of hydrogen-bond acceptors (Lipinski definition) is 2. The molecule has 0 saturated carbocycles. The number of fused-ring (bicyclic) bond motifs is 1. The van der Waals surface area contributed by atoms with Crippen LogP contribution in [0, 0.1) is 6.92 Å². The number of pyridine rings is 1. The van der Waals surface area contributed by atoms with Crippen LogP contribution in [-0.2, 0) is 0 Å². The van der Waals surface area contributed by atoms with Crippen LogP contribution in [-0.4, -0.2) is 12.0 Å². The zero-order valence-electron chi connectivity index (χ0n) is 11.8. The highest BCUT2D eigenvalue weighted by atomic mass is 14.9. The Morgan fingerprint density at radius 1 is 1.00 bits per heavy atom. The lowest BCUT2D eigenvalue weighted by Crippen LogP contribution is -2.19. The lowest BCUT2D eigenvalue weighted by molar-refractivity contribution is 0.677. The third-order valence-corrected chi connectivity index (χ3v) is 3.64. The van der Waals surface area contributed by atoms with Gasteiger partial charge in [-0.25, -0.2) is 0 Å². The normalized spacial score (nSPS) is 12.5. The zero-order chi connectivity index (χ0) is 13.9. The number of benzene rings is 2. The maximum Gasteiger partial charge on any atom is 0.0755 e. The van der Waals surface area contributed by atoms with Crippen LogP contribution in [0.1, 0.15) is 22.9 Å². The van der Waals surface area contributed by atoms with Crippen LogP contribution in [0.2, 0.25) is 0 Å². The predicted octanol–water partition coefficient (Wildman–Crippen LogP) is 3.85. The minimum absolute atomic E-state index is 0.112. The zero-order valence-corrected chi connectivity index (χ0v) is 11.8. The van der Waals surface area contributed by atoms with E-state index in [2.05, 4.69) is 71.8 Å². The minimum Gasteiger partial charge on any atom is -0.308 e. The highest BCUT2D eigenvalue weighted by molar-refractivity contribution is 5.85. The van der Waals surface area contributed by atoms with E-state index in [9.17, 15) is 0 Å². The second-order valence-corrected chi connectivity index (χ2v) is 5.05. The van der Waals surface area contributed by atoms with Crippen molar-refractivity contribution in [3.63, 3.8) is 0 Å². The quantitative estimate of drug-likeness (QED) is 0.775. The fraction of sp³-hybridized carbons (Fsp3) is 0.167. The van der Waals surface area contributed by atoms with Gasteiger partial charge in [-0.3, -0.25) is 4.98 Å². The molecule has 1 aromatic heterocycles. The maximum atomic E-state index is 4.62. The van der Waals surface area contributed by atoms with Crippen molar-refractivity contribution < 1.29 is 0 Å². The topological polar surface area (TPSA) is 24.9 Å². The van der Waals surface area contributed by atoms with Crippen LogP contribution in [0.5, 0.6) is 0 Å². The monoisotopic (exact) mass is 262 g/mol. The van der Waals surface area contributed by atoms with E-state index in [1.54, 1.807) is 0 Å². The van der Waals surface area contributed by atoms with Crippen molar-refractivity contribution in [1.29, 1.82) is 0 Å². The Hall–Kier alpha value is -2.19. The van der Waals surface area contributed by atoms with Crippen molar-refractivity contribution in [2.24, 2.45) is 0 Å². The van der Waals surface area contributed by atoms with Crippen molar-refractivity contribution in [3.05, 3.63) is 77.6 Å². The molecule has 3 rings (SSSR count). The number of hydrogen-bond donors (Lipinski definition) is 1. The first-order chi connectivity index (χ1) is 9.79. The molecule has 0 aliphatic rings. The van der Waals surface area contributed by atoms with Gasteiger partial charge in [-0.15, -0.1) is 0 Å². The van der Waals surface area contributed by atoms with Gasteiger partial charge in [0.05, 0.1) is 11.7 Å². The molecule has 3 aromatic rings. The molecule has 2 nitrogen and oxygen atoms in total. The first kappa shape index (κ1) is 12.8. The molecular formula is C18H18N2. The van der Waals surface area contributed by atoms with Gasteiger partial charge in [-0.1, -0.05) is 54.1 Å². The third kappa shape index (κ3) is 2.30. The summed E-state index contributed by atoms with van der Waals surface area (Å²) in [6.07, 6.45) is 1.89. The molecule has 0 bridgehead atoms. The molecule has 1 unspecified atom stereocenters. The van der Waals surface area contributed by atoms with Crippen LogP contribution in [0.25, 0.3) is 10.8 Å². The molecule has 2 aromatic carbocycles. The lowest BCUT2D eigenvalue weighted by atomic mass is 9.97. The van der Waals surface area contributed by atoms with E-state index in [0.717, 1.165) is 5.69 Å². The molecule has 0 spiro atoms. The fourth-order valence-corrected chi connectivity index (χ4v) is 2.68. The summed E-state index contributed by atoms with van der Waals surface area (Å²) in [7, 11) is 1.98. The molecule has 0 aliphatic carbocycles. The average molecular weight is 262 g/mol. The molecule has 0 radical (unpaired) electrons. The van der Waals surface area contributed by atoms with Gasteiger partial charge in [0, 0.05) is 11.6 Å². The van der Waals surface area contributed by atoms with Gasteiger partial charge < -0.3 is 5.32 Å². The number of rotatable bonds is 3. The molecule has 1 atom stereocenters. The molecule has 0 fully saturated rings. The standard InChI is InChI=1S/C18H18N2/c1-13-6-5-8-15(12-13)17(19-2)18-16-9-4-3-7-14(16)10-11-20-18/h3-12,17,19H,1-2H3. The van der Waals surface area contributed by atoms with E-state index in [4.69, 9.17) is 0 Å². The molecule has 2 heteroatoms. The SMILES string of the molecule is CNC(c1cccc(C)c1)c1nccc2ccccc12. The molecule has 1 N–H and O–H groups in total.